The Bertz CT molecular complexity index is 1210. The second kappa shape index (κ2) is 9.36. The summed E-state index contributed by atoms with van der Waals surface area (Å²) in [6.45, 7) is 6.87. The van der Waals surface area contributed by atoms with Crippen LogP contribution < -0.4 is 4.74 Å². The summed E-state index contributed by atoms with van der Waals surface area (Å²) < 4.78 is 13.6. The highest BCUT2D eigenvalue weighted by molar-refractivity contribution is 5.88. The Labute approximate surface area is 206 Å². The molecule has 0 bridgehead atoms. The molecule has 2 aliphatic rings. The highest BCUT2D eigenvalue weighted by Crippen LogP contribution is 2.31. The van der Waals surface area contributed by atoms with Gasteiger partial charge in [0.2, 0.25) is 0 Å². The molecule has 1 saturated heterocycles. The first kappa shape index (κ1) is 23.4. The first-order chi connectivity index (χ1) is 16.7. The Morgan fingerprint density at radius 3 is 2.46 bits per heavy atom. The molecule has 1 aromatic carbocycles. The van der Waals surface area contributed by atoms with Crippen molar-refractivity contribution in [2.24, 2.45) is 5.92 Å². The molecule has 0 spiro atoms. The van der Waals surface area contributed by atoms with Gasteiger partial charge in [0.1, 0.15) is 29.1 Å². The van der Waals surface area contributed by atoms with Crippen molar-refractivity contribution >= 4 is 22.8 Å². The van der Waals surface area contributed by atoms with Crippen molar-refractivity contribution in [1.29, 1.82) is 0 Å². The molecule has 7 nitrogen and oxygen atoms in total. The number of carbonyl (C=O) groups is 2. The minimum Gasteiger partial charge on any atom is -0.489 e. The number of pyridine rings is 1. The van der Waals surface area contributed by atoms with Crippen LogP contribution in [0.1, 0.15) is 52.0 Å². The van der Waals surface area contributed by atoms with Gasteiger partial charge in [-0.1, -0.05) is 6.07 Å². The van der Waals surface area contributed by atoms with Crippen LogP contribution in [0.5, 0.6) is 5.75 Å². The van der Waals surface area contributed by atoms with Gasteiger partial charge in [0.05, 0.1) is 11.7 Å². The van der Waals surface area contributed by atoms with Crippen LogP contribution in [0, 0.1) is 5.92 Å². The van der Waals surface area contributed by atoms with E-state index in [-0.39, 0.29) is 18.1 Å². The lowest BCUT2D eigenvalue weighted by molar-refractivity contribution is -0.119. The number of nitrogens with zero attached hydrogens (tertiary/aromatic N) is 3. The fourth-order valence-electron chi connectivity index (χ4n) is 4.51. The predicted molar refractivity (Wildman–Crippen MR) is 134 cm³/mol. The van der Waals surface area contributed by atoms with Crippen molar-refractivity contribution in [3.8, 4) is 11.6 Å². The third-order valence-electron chi connectivity index (χ3n) is 6.53. The number of benzene rings is 1. The molecule has 0 unspecified atom stereocenters. The summed E-state index contributed by atoms with van der Waals surface area (Å²) in [7, 11) is 0. The number of ketones is 1. The Hall–Kier alpha value is -3.35. The Balaban J connectivity index is 1.19. The Morgan fingerprint density at radius 1 is 1.03 bits per heavy atom. The lowest BCUT2D eigenvalue weighted by atomic mass is 10.0. The maximum atomic E-state index is 12.3. The maximum Gasteiger partial charge on any atom is 0.410 e. The summed E-state index contributed by atoms with van der Waals surface area (Å²) in [6, 6.07) is 12.2. The van der Waals surface area contributed by atoms with E-state index in [1.54, 1.807) is 11.1 Å². The number of hydrogen-bond donors (Lipinski definition) is 0. The molecule has 35 heavy (non-hydrogen) atoms. The minimum absolute atomic E-state index is 0.0468. The highest BCUT2D eigenvalue weighted by atomic mass is 16.6. The number of aromatic nitrogens is 2. The number of amides is 1. The lowest BCUT2D eigenvalue weighted by Gasteiger charge is -2.33. The van der Waals surface area contributed by atoms with Crippen molar-refractivity contribution in [1.82, 2.24) is 14.5 Å². The van der Waals surface area contributed by atoms with E-state index in [0.29, 0.717) is 25.3 Å². The van der Waals surface area contributed by atoms with Crippen molar-refractivity contribution < 1.29 is 19.1 Å². The van der Waals surface area contributed by atoms with Gasteiger partial charge in [0.25, 0.3) is 0 Å². The molecule has 0 radical (unpaired) electrons. The molecule has 0 N–H and O–H groups in total. The summed E-state index contributed by atoms with van der Waals surface area (Å²) in [5.74, 6) is 2.19. The molecule has 2 fully saturated rings. The quantitative estimate of drug-likeness (QED) is 0.482. The summed E-state index contributed by atoms with van der Waals surface area (Å²) in [6.07, 6.45) is 7.68. The van der Waals surface area contributed by atoms with E-state index in [2.05, 4.69) is 23.2 Å². The largest absolute Gasteiger partial charge is 0.489 e. The molecule has 1 amide bonds. The standard InChI is InChI=1S/C28H33N3O4/c1-28(2,3)35-27(33)30-13-11-22(12-14-30)34-23-7-9-26(29-18-23)31-15-10-21-16-19(4-8-24(21)31)17-25(32)20-5-6-20/h4,7-10,15-16,18,20,22H,5-6,11-14,17H2,1-3H3. The number of rotatable bonds is 6. The molecular weight excluding hydrogens is 442 g/mol. The van der Waals surface area contributed by atoms with Gasteiger partial charge in [-0.2, -0.15) is 0 Å². The van der Waals surface area contributed by atoms with Crippen LogP contribution in [0.15, 0.2) is 48.8 Å². The van der Waals surface area contributed by atoms with Gasteiger partial charge in [-0.25, -0.2) is 9.78 Å². The van der Waals surface area contributed by atoms with Gasteiger partial charge in [-0.3, -0.25) is 4.79 Å². The number of carbonyl (C=O) groups excluding carboxylic acids is 2. The maximum absolute atomic E-state index is 12.3. The zero-order valence-electron chi connectivity index (χ0n) is 20.7. The zero-order chi connectivity index (χ0) is 24.6. The van der Waals surface area contributed by atoms with Crippen molar-refractivity contribution in [2.75, 3.05) is 13.1 Å². The van der Waals surface area contributed by atoms with E-state index >= 15 is 0 Å². The van der Waals surface area contributed by atoms with E-state index in [1.807, 2.05) is 49.7 Å². The average molecular weight is 476 g/mol. The number of Topliss-reactive ketones (excluding diaryl/α,β-unsaturated/α-hetero) is 1. The van der Waals surface area contributed by atoms with Crippen molar-refractivity contribution in [2.45, 2.75) is 64.6 Å². The predicted octanol–water partition coefficient (Wildman–Crippen LogP) is 5.33. The monoisotopic (exact) mass is 475 g/mol. The molecule has 3 heterocycles. The van der Waals surface area contributed by atoms with Crippen molar-refractivity contribution in [3.05, 3.63) is 54.4 Å². The molecule has 2 aromatic heterocycles. The molecule has 184 valence electrons. The average Bonchev–Trinajstić information content (AvgIpc) is 3.59. The van der Waals surface area contributed by atoms with Gasteiger partial charge in [0, 0.05) is 49.9 Å². The molecular formula is C28H33N3O4. The number of likely N-dealkylation sites (tertiary alicyclic amines) is 1. The van der Waals surface area contributed by atoms with Crippen LogP contribution in [0.25, 0.3) is 16.7 Å². The third-order valence-corrected chi connectivity index (χ3v) is 6.53. The summed E-state index contributed by atoms with van der Waals surface area (Å²) in [5, 5.41) is 1.10. The summed E-state index contributed by atoms with van der Waals surface area (Å²) in [4.78, 5) is 30.8. The lowest BCUT2D eigenvalue weighted by Crippen LogP contribution is -2.44. The van der Waals surface area contributed by atoms with Crippen LogP contribution in [-0.4, -0.2) is 51.1 Å². The first-order valence-corrected chi connectivity index (χ1v) is 12.5. The fraction of sp³-hybridized carbons (Fsp3) is 0.464. The number of hydrogen-bond acceptors (Lipinski definition) is 5. The van der Waals surface area contributed by atoms with E-state index in [9.17, 15) is 9.59 Å². The van der Waals surface area contributed by atoms with Gasteiger partial charge < -0.3 is 18.9 Å². The van der Waals surface area contributed by atoms with Crippen LogP contribution >= 0.6 is 0 Å². The molecule has 1 aliphatic heterocycles. The molecule has 1 saturated carbocycles. The fourth-order valence-corrected chi connectivity index (χ4v) is 4.51. The van der Waals surface area contributed by atoms with Gasteiger partial charge in [-0.05, 0) is 69.5 Å². The SMILES string of the molecule is CC(C)(C)OC(=O)N1CCC(Oc2ccc(-n3ccc4cc(CC(=O)C5CC5)ccc43)nc2)CC1. The molecule has 1 aliphatic carbocycles. The van der Waals surface area contributed by atoms with Gasteiger partial charge >= 0.3 is 6.09 Å². The van der Waals surface area contributed by atoms with Gasteiger partial charge in [-0.15, -0.1) is 0 Å². The van der Waals surface area contributed by atoms with Crippen molar-refractivity contribution in [3.63, 3.8) is 0 Å². The molecule has 3 aromatic rings. The Kier molecular flexibility index (Phi) is 6.26. The first-order valence-electron chi connectivity index (χ1n) is 12.5. The number of ether oxygens (including phenoxy) is 2. The number of fused-ring (bicyclic) bond motifs is 1. The molecule has 5 rings (SSSR count). The molecule has 7 heteroatoms. The van der Waals surface area contributed by atoms with Crippen LogP contribution in [0.3, 0.4) is 0 Å². The zero-order valence-corrected chi connectivity index (χ0v) is 20.7. The van der Waals surface area contributed by atoms with Crippen LogP contribution in [0.4, 0.5) is 4.79 Å². The summed E-state index contributed by atoms with van der Waals surface area (Å²) >= 11 is 0. The van der Waals surface area contributed by atoms with E-state index in [1.165, 1.54) is 0 Å². The second-order valence-corrected chi connectivity index (χ2v) is 10.6. The number of piperidine rings is 1. The second-order valence-electron chi connectivity index (χ2n) is 10.6. The minimum atomic E-state index is -0.486. The normalized spacial score (nSPS) is 16.9. The van der Waals surface area contributed by atoms with Crippen LogP contribution in [-0.2, 0) is 16.0 Å². The third kappa shape index (κ3) is 5.66. The van der Waals surface area contributed by atoms with E-state index in [4.69, 9.17) is 9.47 Å². The smallest absolute Gasteiger partial charge is 0.410 e. The van der Waals surface area contributed by atoms with Gasteiger partial charge in [0.15, 0.2) is 0 Å². The molecule has 0 atom stereocenters. The Morgan fingerprint density at radius 2 is 1.80 bits per heavy atom. The topological polar surface area (TPSA) is 73.7 Å². The van der Waals surface area contributed by atoms with E-state index < -0.39 is 5.60 Å². The highest BCUT2D eigenvalue weighted by Gasteiger charge is 2.29. The summed E-state index contributed by atoms with van der Waals surface area (Å²) in [5.41, 5.74) is 1.64. The van der Waals surface area contributed by atoms with E-state index in [0.717, 1.165) is 53.7 Å². The van der Waals surface area contributed by atoms with Crippen LogP contribution in [0.2, 0.25) is 0 Å².